The van der Waals surface area contributed by atoms with Gasteiger partial charge in [-0.15, -0.1) is 0 Å². The lowest BCUT2D eigenvalue weighted by Crippen LogP contribution is -2.38. The van der Waals surface area contributed by atoms with Crippen molar-refractivity contribution in [2.45, 2.75) is 12.5 Å². The average molecular weight is 267 g/mol. The molecule has 7 heteroatoms. The molecule has 0 spiro atoms. The van der Waals surface area contributed by atoms with Gasteiger partial charge >= 0.3 is 6.09 Å². The summed E-state index contributed by atoms with van der Waals surface area (Å²) in [6.45, 7) is 0.898. The minimum atomic E-state index is -0.686. The number of nitrogens with one attached hydrogen (secondary N) is 1. The fourth-order valence-electron chi connectivity index (χ4n) is 2.01. The van der Waals surface area contributed by atoms with Gasteiger partial charge in [0, 0.05) is 30.9 Å². The zero-order chi connectivity index (χ0) is 13.8. The van der Waals surface area contributed by atoms with E-state index in [2.05, 4.69) is 15.0 Å². The maximum absolute atomic E-state index is 13.0. The lowest BCUT2D eigenvalue weighted by atomic mass is 10.2. The lowest BCUT2D eigenvalue weighted by molar-refractivity contribution is 0.0787. The number of methoxy groups -OCH3 is 1. The Hall–Kier alpha value is -2.18. The molecule has 1 aliphatic rings. The van der Waals surface area contributed by atoms with Crippen molar-refractivity contribution in [1.29, 1.82) is 0 Å². The number of alkyl carbamates (subject to hydrolysis) is 1. The molecule has 1 N–H and O–H groups in total. The number of aromatic nitrogens is 1. The maximum Gasteiger partial charge on any atom is 0.407 e. The van der Waals surface area contributed by atoms with E-state index in [1.165, 1.54) is 19.4 Å². The predicted octanol–water partition coefficient (Wildman–Crippen LogP) is 0.791. The van der Waals surface area contributed by atoms with E-state index in [4.69, 9.17) is 0 Å². The van der Waals surface area contributed by atoms with Gasteiger partial charge in [-0.25, -0.2) is 9.78 Å². The largest absolute Gasteiger partial charge is 0.453 e. The fourth-order valence-corrected chi connectivity index (χ4v) is 2.01. The molecule has 1 unspecified atom stereocenters. The van der Waals surface area contributed by atoms with Crippen molar-refractivity contribution in [3.05, 3.63) is 29.8 Å². The SMILES string of the molecule is COC(=O)NC1CCN(C(=O)c2ccnc(F)c2)C1. The van der Waals surface area contributed by atoms with E-state index in [-0.39, 0.29) is 17.5 Å². The summed E-state index contributed by atoms with van der Waals surface area (Å²) < 4.78 is 17.5. The van der Waals surface area contributed by atoms with E-state index in [1.54, 1.807) is 4.90 Å². The lowest BCUT2D eigenvalue weighted by Gasteiger charge is -2.16. The average Bonchev–Trinajstić information content (AvgIpc) is 2.86. The molecular formula is C12H14FN3O3. The van der Waals surface area contributed by atoms with Crippen LogP contribution in [0.2, 0.25) is 0 Å². The number of pyridine rings is 1. The Morgan fingerprint density at radius 2 is 2.37 bits per heavy atom. The molecule has 0 bridgehead atoms. The number of hydrogen-bond acceptors (Lipinski definition) is 4. The first-order valence-electron chi connectivity index (χ1n) is 5.85. The third-order valence-corrected chi connectivity index (χ3v) is 2.96. The van der Waals surface area contributed by atoms with Gasteiger partial charge in [0.2, 0.25) is 5.95 Å². The number of rotatable bonds is 2. The molecular weight excluding hydrogens is 253 g/mol. The molecule has 6 nitrogen and oxygen atoms in total. The van der Waals surface area contributed by atoms with Crippen LogP contribution in [0, 0.1) is 5.95 Å². The van der Waals surface area contributed by atoms with E-state index < -0.39 is 12.0 Å². The minimum absolute atomic E-state index is 0.136. The Bertz CT molecular complexity index is 495. The molecule has 1 aliphatic heterocycles. The Balaban J connectivity index is 1.97. The number of amides is 2. The van der Waals surface area contributed by atoms with Crippen molar-refractivity contribution >= 4 is 12.0 Å². The second-order valence-corrected chi connectivity index (χ2v) is 4.24. The molecule has 0 radical (unpaired) electrons. The van der Waals surface area contributed by atoms with E-state index >= 15 is 0 Å². The van der Waals surface area contributed by atoms with Crippen LogP contribution in [0.1, 0.15) is 16.8 Å². The van der Waals surface area contributed by atoms with Crippen molar-refractivity contribution in [3.8, 4) is 0 Å². The van der Waals surface area contributed by atoms with E-state index in [0.717, 1.165) is 6.07 Å². The summed E-state index contributed by atoms with van der Waals surface area (Å²) in [6, 6.07) is 2.43. The van der Waals surface area contributed by atoms with Crippen molar-refractivity contribution in [3.63, 3.8) is 0 Å². The van der Waals surface area contributed by atoms with Crippen molar-refractivity contribution in [2.24, 2.45) is 0 Å². The van der Waals surface area contributed by atoms with Crippen LogP contribution in [0.25, 0.3) is 0 Å². The third-order valence-electron chi connectivity index (χ3n) is 2.96. The van der Waals surface area contributed by atoms with Crippen LogP contribution in [-0.4, -0.2) is 48.1 Å². The summed E-state index contributed by atoms with van der Waals surface area (Å²) in [5.41, 5.74) is 0.256. The Morgan fingerprint density at radius 1 is 1.58 bits per heavy atom. The highest BCUT2D eigenvalue weighted by Crippen LogP contribution is 2.14. The summed E-state index contributed by atoms with van der Waals surface area (Å²) >= 11 is 0. The summed E-state index contributed by atoms with van der Waals surface area (Å²) in [5.74, 6) is -0.954. The summed E-state index contributed by atoms with van der Waals surface area (Å²) in [6.07, 6.45) is 1.38. The van der Waals surface area contributed by atoms with Gasteiger partial charge < -0.3 is 15.0 Å². The molecule has 1 atom stereocenters. The Labute approximate surface area is 109 Å². The predicted molar refractivity (Wildman–Crippen MR) is 64.0 cm³/mol. The second-order valence-electron chi connectivity index (χ2n) is 4.24. The van der Waals surface area contributed by atoms with Crippen LogP contribution >= 0.6 is 0 Å². The summed E-state index contributed by atoms with van der Waals surface area (Å²) in [7, 11) is 1.28. The number of carbonyl (C=O) groups excluding carboxylic acids is 2. The van der Waals surface area contributed by atoms with Gasteiger partial charge in [-0.3, -0.25) is 4.79 Å². The van der Waals surface area contributed by atoms with Gasteiger partial charge in [-0.1, -0.05) is 0 Å². The molecule has 2 amide bonds. The van der Waals surface area contributed by atoms with Gasteiger partial charge in [0.15, 0.2) is 0 Å². The molecule has 102 valence electrons. The zero-order valence-electron chi connectivity index (χ0n) is 10.4. The number of halogens is 1. The Morgan fingerprint density at radius 3 is 3.05 bits per heavy atom. The summed E-state index contributed by atoms with van der Waals surface area (Å²) in [5, 5.41) is 2.63. The monoisotopic (exact) mass is 267 g/mol. The van der Waals surface area contributed by atoms with Gasteiger partial charge in [-0.05, 0) is 12.5 Å². The molecule has 1 aromatic rings. The molecule has 0 saturated carbocycles. The van der Waals surface area contributed by atoms with Gasteiger partial charge in [0.1, 0.15) is 0 Å². The first-order valence-corrected chi connectivity index (χ1v) is 5.85. The standard InChI is InChI=1S/C12H14FN3O3/c1-19-12(18)15-9-3-5-16(7-9)11(17)8-2-4-14-10(13)6-8/h2,4,6,9H,3,5,7H2,1H3,(H,15,18). The van der Waals surface area contributed by atoms with Crippen LogP contribution < -0.4 is 5.32 Å². The third kappa shape index (κ3) is 3.18. The van der Waals surface area contributed by atoms with E-state index in [9.17, 15) is 14.0 Å². The van der Waals surface area contributed by atoms with E-state index in [1.807, 2.05) is 0 Å². The van der Waals surface area contributed by atoms with Crippen LogP contribution in [0.5, 0.6) is 0 Å². The van der Waals surface area contributed by atoms with E-state index in [0.29, 0.717) is 19.5 Å². The number of carbonyl (C=O) groups is 2. The van der Waals surface area contributed by atoms with Crippen LogP contribution in [0.15, 0.2) is 18.3 Å². The highest BCUT2D eigenvalue weighted by atomic mass is 19.1. The van der Waals surface area contributed by atoms with Gasteiger partial charge in [-0.2, -0.15) is 4.39 Å². The highest BCUT2D eigenvalue weighted by molar-refractivity contribution is 5.94. The molecule has 1 fully saturated rings. The molecule has 19 heavy (non-hydrogen) atoms. The first-order chi connectivity index (χ1) is 9.10. The van der Waals surface area contributed by atoms with Crippen LogP contribution in [-0.2, 0) is 4.74 Å². The smallest absolute Gasteiger partial charge is 0.407 e. The number of hydrogen-bond donors (Lipinski definition) is 1. The number of nitrogens with zero attached hydrogens (tertiary/aromatic N) is 2. The topological polar surface area (TPSA) is 71.5 Å². The number of ether oxygens (including phenoxy) is 1. The molecule has 0 aliphatic carbocycles. The zero-order valence-corrected chi connectivity index (χ0v) is 10.4. The fraction of sp³-hybridized carbons (Fsp3) is 0.417. The number of likely N-dealkylation sites (tertiary alicyclic amines) is 1. The molecule has 2 rings (SSSR count). The molecule has 0 aromatic carbocycles. The molecule has 1 saturated heterocycles. The van der Waals surface area contributed by atoms with Crippen LogP contribution in [0.3, 0.4) is 0 Å². The second kappa shape index (κ2) is 5.64. The van der Waals surface area contributed by atoms with Gasteiger partial charge in [0.05, 0.1) is 13.2 Å². The molecule has 1 aromatic heterocycles. The Kier molecular flexibility index (Phi) is 3.94. The minimum Gasteiger partial charge on any atom is -0.453 e. The normalized spacial score (nSPS) is 18.2. The van der Waals surface area contributed by atoms with Crippen molar-refractivity contribution < 1.29 is 18.7 Å². The quantitative estimate of drug-likeness (QED) is 0.804. The van der Waals surface area contributed by atoms with Crippen LogP contribution in [0.4, 0.5) is 9.18 Å². The van der Waals surface area contributed by atoms with Crippen molar-refractivity contribution in [2.75, 3.05) is 20.2 Å². The van der Waals surface area contributed by atoms with Gasteiger partial charge in [0.25, 0.3) is 5.91 Å². The summed E-state index contributed by atoms with van der Waals surface area (Å²) in [4.78, 5) is 28.1. The highest BCUT2D eigenvalue weighted by Gasteiger charge is 2.28. The first kappa shape index (κ1) is 13.3. The maximum atomic E-state index is 13.0. The van der Waals surface area contributed by atoms with Crippen molar-refractivity contribution in [1.82, 2.24) is 15.2 Å². The molecule has 2 heterocycles.